The van der Waals surface area contributed by atoms with E-state index in [4.69, 9.17) is 16.3 Å². The van der Waals surface area contributed by atoms with Gasteiger partial charge in [0.1, 0.15) is 0 Å². The summed E-state index contributed by atoms with van der Waals surface area (Å²) in [6, 6.07) is 5.44. The monoisotopic (exact) mass is 252 g/mol. The number of benzene rings is 1. The molecule has 2 aromatic rings. The molecule has 0 bridgehead atoms. The van der Waals surface area contributed by atoms with E-state index in [1.54, 1.807) is 19.2 Å². The fraction of sp³-hybridized carbons (Fsp3) is 0.333. The first kappa shape index (κ1) is 12.1. The van der Waals surface area contributed by atoms with Crippen molar-refractivity contribution in [2.24, 2.45) is 0 Å². The van der Waals surface area contributed by atoms with Crippen molar-refractivity contribution < 1.29 is 9.53 Å². The largest absolute Gasteiger partial charge is 0.385 e. The molecular weight excluding hydrogens is 240 g/mol. The van der Waals surface area contributed by atoms with Gasteiger partial charge in [0.25, 0.3) is 0 Å². The quantitative estimate of drug-likeness (QED) is 0.607. The van der Waals surface area contributed by atoms with E-state index in [-0.39, 0.29) is 0 Å². The highest BCUT2D eigenvalue weighted by Crippen LogP contribution is 2.20. The molecule has 5 heteroatoms. The van der Waals surface area contributed by atoms with Gasteiger partial charge in [0.05, 0.1) is 11.0 Å². The van der Waals surface area contributed by atoms with Crippen molar-refractivity contribution in [3.05, 3.63) is 29.0 Å². The third-order valence-corrected chi connectivity index (χ3v) is 2.81. The van der Waals surface area contributed by atoms with Crippen LogP contribution in [0.5, 0.6) is 0 Å². The molecule has 0 aliphatic rings. The summed E-state index contributed by atoms with van der Waals surface area (Å²) in [6.07, 6.45) is 1.60. The number of hydrogen-bond donors (Lipinski definition) is 0. The average Bonchev–Trinajstić information content (AvgIpc) is 2.67. The topological polar surface area (TPSA) is 44.1 Å². The zero-order valence-corrected chi connectivity index (χ0v) is 10.3. The van der Waals surface area contributed by atoms with Crippen LogP contribution in [0.25, 0.3) is 11.0 Å². The molecule has 2 rings (SSSR count). The molecule has 0 unspecified atom stereocenters. The highest BCUT2D eigenvalue weighted by atomic mass is 35.5. The Morgan fingerprint density at radius 1 is 1.53 bits per heavy atom. The number of nitrogens with zero attached hydrogens (tertiary/aromatic N) is 2. The number of aldehydes is 1. The molecule has 1 aromatic heterocycles. The molecule has 1 aromatic carbocycles. The van der Waals surface area contributed by atoms with Gasteiger partial charge >= 0.3 is 0 Å². The van der Waals surface area contributed by atoms with E-state index in [0.717, 1.165) is 23.7 Å². The lowest BCUT2D eigenvalue weighted by Gasteiger charge is -2.05. The lowest BCUT2D eigenvalue weighted by Crippen LogP contribution is -2.05. The zero-order chi connectivity index (χ0) is 12.3. The molecule has 0 saturated heterocycles. The standard InChI is InChI=1S/C12H13ClN2O2/c1-17-6-2-5-15-11-4-3-9(13)7-10(11)14-12(15)8-16/h3-4,7-8H,2,5-6H2,1H3. The van der Waals surface area contributed by atoms with Crippen molar-refractivity contribution in [2.45, 2.75) is 13.0 Å². The second-order valence-corrected chi connectivity index (χ2v) is 4.16. The van der Waals surface area contributed by atoms with Crippen molar-refractivity contribution in [1.29, 1.82) is 0 Å². The normalized spacial score (nSPS) is 10.9. The SMILES string of the molecule is COCCCn1c(C=O)nc2cc(Cl)ccc21. The highest BCUT2D eigenvalue weighted by molar-refractivity contribution is 6.31. The van der Waals surface area contributed by atoms with Gasteiger partial charge < -0.3 is 9.30 Å². The van der Waals surface area contributed by atoms with Crippen LogP contribution >= 0.6 is 11.6 Å². The molecule has 1 heterocycles. The molecule has 0 fully saturated rings. The van der Waals surface area contributed by atoms with Crippen molar-refractivity contribution >= 4 is 28.9 Å². The zero-order valence-electron chi connectivity index (χ0n) is 9.52. The fourth-order valence-corrected chi connectivity index (χ4v) is 1.98. The van der Waals surface area contributed by atoms with Crippen LogP contribution in [-0.2, 0) is 11.3 Å². The Bertz CT molecular complexity index is 537. The van der Waals surface area contributed by atoms with Gasteiger partial charge in [0.2, 0.25) is 0 Å². The molecular formula is C12H13ClN2O2. The Kier molecular flexibility index (Phi) is 3.76. The molecule has 4 nitrogen and oxygen atoms in total. The van der Waals surface area contributed by atoms with E-state index in [1.807, 2.05) is 10.6 Å². The van der Waals surface area contributed by atoms with Crippen LogP contribution in [0.15, 0.2) is 18.2 Å². The third-order valence-electron chi connectivity index (χ3n) is 2.58. The molecule has 0 aliphatic heterocycles. The summed E-state index contributed by atoms with van der Waals surface area (Å²) in [6.45, 7) is 1.37. The van der Waals surface area contributed by atoms with E-state index < -0.39 is 0 Å². The molecule has 90 valence electrons. The van der Waals surface area contributed by atoms with Gasteiger partial charge in [-0.1, -0.05) is 11.6 Å². The summed E-state index contributed by atoms with van der Waals surface area (Å²) < 4.78 is 6.89. The van der Waals surface area contributed by atoms with Gasteiger partial charge in [0.15, 0.2) is 12.1 Å². The maximum Gasteiger partial charge on any atom is 0.185 e. The molecule has 0 amide bonds. The van der Waals surface area contributed by atoms with Crippen LogP contribution in [0.1, 0.15) is 17.0 Å². The molecule has 0 radical (unpaired) electrons. The lowest BCUT2D eigenvalue weighted by molar-refractivity contribution is 0.111. The first-order chi connectivity index (χ1) is 8.26. The van der Waals surface area contributed by atoms with Crippen molar-refractivity contribution in [2.75, 3.05) is 13.7 Å². The number of rotatable bonds is 5. The summed E-state index contributed by atoms with van der Waals surface area (Å²) in [7, 11) is 1.66. The number of halogens is 1. The van der Waals surface area contributed by atoms with E-state index in [2.05, 4.69) is 4.98 Å². The molecule has 0 aliphatic carbocycles. The minimum Gasteiger partial charge on any atom is -0.385 e. The van der Waals surface area contributed by atoms with Crippen molar-refractivity contribution in [3.8, 4) is 0 Å². The number of carbonyl (C=O) groups excluding carboxylic acids is 1. The maximum atomic E-state index is 11.0. The molecule has 0 atom stereocenters. The number of aryl methyl sites for hydroxylation is 1. The number of methoxy groups -OCH3 is 1. The van der Waals surface area contributed by atoms with E-state index in [0.29, 0.717) is 24.0 Å². The Balaban J connectivity index is 2.40. The average molecular weight is 253 g/mol. The Morgan fingerprint density at radius 2 is 2.35 bits per heavy atom. The Labute approximate surface area is 104 Å². The molecule has 0 N–H and O–H groups in total. The fourth-order valence-electron chi connectivity index (χ4n) is 1.81. The first-order valence-corrected chi connectivity index (χ1v) is 5.74. The number of carbonyl (C=O) groups is 1. The van der Waals surface area contributed by atoms with E-state index in [9.17, 15) is 4.79 Å². The van der Waals surface area contributed by atoms with Gasteiger partial charge in [-0.15, -0.1) is 0 Å². The molecule has 0 saturated carbocycles. The van der Waals surface area contributed by atoms with Crippen LogP contribution < -0.4 is 0 Å². The third kappa shape index (κ3) is 2.48. The lowest BCUT2D eigenvalue weighted by atomic mass is 10.3. The number of fused-ring (bicyclic) bond motifs is 1. The summed E-state index contributed by atoms with van der Waals surface area (Å²) in [5.41, 5.74) is 1.67. The van der Waals surface area contributed by atoms with Crippen LogP contribution in [0, 0.1) is 0 Å². The van der Waals surface area contributed by atoms with E-state index in [1.165, 1.54) is 0 Å². The van der Waals surface area contributed by atoms with Crippen LogP contribution in [-0.4, -0.2) is 29.6 Å². The number of aromatic nitrogens is 2. The smallest absolute Gasteiger partial charge is 0.185 e. The van der Waals surface area contributed by atoms with Gasteiger partial charge in [-0.2, -0.15) is 0 Å². The summed E-state index contributed by atoms with van der Waals surface area (Å²) >= 11 is 5.89. The van der Waals surface area contributed by atoms with Gasteiger partial charge in [-0.25, -0.2) is 4.98 Å². The van der Waals surface area contributed by atoms with Crippen molar-refractivity contribution in [1.82, 2.24) is 9.55 Å². The number of imidazole rings is 1. The van der Waals surface area contributed by atoms with Gasteiger partial charge in [-0.05, 0) is 24.6 Å². The summed E-state index contributed by atoms with van der Waals surface area (Å²) in [5, 5.41) is 0.622. The summed E-state index contributed by atoms with van der Waals surface area (Å²) in [4.78, 5) is 15.2. The second-order valence-electron chi connectivity index (χ2n) is 3.72. The minimum absolute atomic E-state index is 0.429. The summed E-state index contributed by atoms with van der Waals surface area (Å²) in [5.74, 6) is 0.429. The van der Waals surface area contributed by atoms with Crippen LogP contribution in [0.4, 0.5) is 0 Å². The number of ether oxygens (including phenoxy) is 1. The maximum absolute atomic E-state index is 11.0. The minimum atomic E-state index is 0.429. The number of hydrogen-bond acceptors (Lipinski definition) is 3. The molecule has 17 heavy (non-hydrogen) atoms. The van der Waals surface area contributed by atoms with Gasteiger partial charge in [0, 0.05) is 25.3 Å². The van der Waals surface area contributed by atoms with Gasteiger partial charge in [-0.3, -0.25) is 4.79 Å². The Hall–Kier alpha value is -1.39. The molecule has 0 spiro atoms. The highest BCUT2D eigenvalue weighted by Gasteiger charge is 2.09. The second kappa shape index (κ2) is 5.29. The predicted octanol–water partition coefficient (Wildman–Crippen LogP) is 2.54. The van der Waals surface area contributed by atoms with E-state index >= 15 is 0 Å². The van der Waals surface area contributed by atoms with Crippen LogP contribution in [0.3, 0.4) is 0 Å². The predicted molar refractivity (Wildman–Crippen MR) is 66.6 cm³/mol. The first-order valence-electron chi connectivity index (χ1n) is 5.36. The van der Waals surface area contributed by atoms with Crippen molar-refractivity contribution in [3.63, 3.8) is 0 Å². The Morgan fingerprint density at radius 3 is 3.06 bits per heavy atom. The van der Waals surface area contributed by atoms with Crippen LogP contribution in [0.2, 0.25) is 5.02 Å².